The van der Waals surface area contributed by atoms with Crippen molar-refractivity contribution in [2.24, 2.45) is 17.8 Å². The molecule has 0 radical (unpaired) electrons. The lowest BCUT2D eigenvalue weighted by Gasteiger charge is -2.21. The smallest absolute Gasteiger partial charge is 0.343 e. The second-order valence-electron chi connectivity index (χ2n) is 10.9. The average molecular weight is 593 g/mol. The Hall–Kier alpha value is -3.88. The van der Waals surface area contributed by atoms with Gasteiger partial charge in [0.05, 0.1) is 45.0 Å². The summed E-state index contributed by atoms with van der Waals surface area (Å²) in [4.78, 5) is 24.9. The molecule has 0 bridgehead atoms. The third-order valence-corrected chi connectivity index (χ3v) is 6.75. The number of methoxy groups -OCH3 is 1. The van der Waals surface area contributed by atoms with Gasteiger partial charge in [0, 0.05) is 0 Å². The van der Waals surface area contributed by atoms with Gasteiger partial charge in [-0.15, -0.1) is 0 Å². The highest BCUT2D eigenvalue weighted by atomic mass is 16.6. The van der Waals surface area contributed by atoms with Crippen LogP contribution >= 0.6 is 0 Å². The van der Waals surface area contributed by atoms with Crippen molar-refractivity contribution in [2.45, 2.75) is 34.1 Å². The SMILES string of the molecule is COc1ccc(-c2ccc(OC(=O)c3ccc(OCCOCCOCCOC(=O)C(CC(C)C)C(C)C)cc3)cc2)cc1. The van der Waals surface area contributed by atoms with Crippen LogP contribution in [-0.4, -0.2) is 58.7 Å². The molecule has 0 amide bonds. The number of hydrogen-bond donors (Lipinski definition) is 0. The Morgan fingerprint density at radius 1 is 0.628 bits per heavy atom. The van der Waals surface area contributed by atoms with Gasteiger partial charge in [-0.1, -0.05) is 52.0 Å². The number of benzene rings is 3. The molecule has 0 aliphatic rings. The van der Waals surface area contributed by atoms with Crippen LogP contribution in [-0.2, 0) is 19.0 Å². The zero-order chi connectivity index (χ0) is 31.0. The predicted octanol–water partition coefficient (Wildman–Crippen LogP) is 6.85. The topological polar surface area (TPSA) is 89.5 Å². The van der Waals surface area contributed by atoms with Crippen molar-refractivity contribution < 1.29 is 38.0 Å². The lowest BCUT2D eigenvalue weighted by atomic mass is 9.88. The minimum Gasteiger partial charge on any atom is -0.497 e. The predicted molar refractivity (Wildman–Crippen MR) is 166 cm³/mol. The molecule has 3 rings (SSSR count). The van der Waals surface area contributed by atoms with E-state index in [0.29, 0.717) is 56.0 Å². The third-order valence-electron chi connectivity index (χ3n) is 6.75. The first-order valence-electron chi connectivity index (χ1n) is 14.8. The second kappa shape index (κ2) is 17.9. The maximum atomic E-state index is 12.6. The quantitative estimate of drug-likeness (QED) is 0.0900. The molecule has 0 aliphatic heterocycles. The minimum absolute atomic E-state index is 0.0803. The van der Waals surface area contributed by atoms with Crippen molar-refractivity contribution in [3.63, 3.8) is 0 Å². The molecule has 8 nitrogen and oxygen atoms in total. The summed E-state index contributed by atoms with van der Waals surface area (Å²) in [5, 5.41) is 0. The zero-order valence-corrected chi connectivity index (χ0v) is 25.9. The molecule has 1 atom stereocenters. The Labute approximate surface area is 255 Å². The Morgan fingerprint density at radius 3 is 1.67 bits per heavy atom. The van der Waals surface area contributed by atoms with E-state index in [-0.39, 0.29) is 24.4 Å². The third kappa shape index (κ3) is 11.7. The van der Waals surface area contributed by atoms with Crippen LogP contribution in [0.15, 0.2) is 72.8 Å². The maximum absolute atomic E-state index is 12.6. The summed E-state index contributed by atoms with van der Waals surface area (Å²) >= 11 is 0. The van der Waals surface area contributed by atoms with Gasteiger partial charge in [-0.05, 0) is 77.9 Å². The van der Waals surface area contributed by atoms with Crippen LogP contribution in [0.2, 0.25) is 0 Å². The lowest BCUT2D eigenvalue weighted by molar-refractivity contribution is -0.152. The summed E-state index contributed by atoms with van der Waals surface area (Å²) in [5.74, 6) is 1.90. The highest BCUT2D eigenvalue weighted by Crippen LogP contribution is 2.25. The standard InChI is InChI=1S/C35H44O8/c1-25(2)24-33(26(3)4)35(37)42-23-21-40-19-18-39-20-22-41-31-14-10-29(11-15-31)34(36)43-32-16-8-28(9-17-32)27-6-12-30(38-5)13-7-27/h6-17,25-26,33H,18-24H2,1-5H3. The van der Waals surface area contributed by atoms with E-state index in [2.05, 4.69) is 13.8 Å². The normalized spacial score (nSPS) is 11.8. The van der Waals surface area contributed by atoms with Gasteiger partial charge < -0.3 is 28.4 Å². The lowest BCUT2D eigenvalue weighted by Crippen LogP contribution is -2.25. The summed E-state index contributed by atoms with van der Waals surface area (Å²) in [6.07, 6.45) is 0.825. The molecule has 0 aromatic heterocycles. The average Bonchev–Trinajstić information content (AvgIpc) is 3.01. The van der Waals surface area contributed by atoms with Gasteiger partial charge in [-0.3, -0.25) is 4.79 Å². The number of carbonyl (C=O) groups is 2. The van der Waals surface area contributed by atoms with Crippen LogP contribution in [0.3, 0.4) is 0 Å². The van der Waals surface area contributed by atoms with E-state index < -0.39 is 5.97 Å². The van der Waals surface area contributed by atoms with Gasteiger partial charge in [-0.2, -0.15) is 0 Å². The Kier molecular flexibility index (Phi) is 14.0. The Balaban J connectivity index is 1.27. The maximum Gasteiger partial charge on any atom is 0.343 e. The molecular weight excluding hydrogens is 548 g/mol. The first kappa shape index (κ1) is 33.6. The fourth-order valence-corrected chi connectivity index (χ4v) is 4.35. The number of carbonyl (C=O) groups excluding carboxylic acids is 2. The van der Waals surface area contributed by atoms with Gasteiger partial charge >= 0.3 is 11.9 Å². The van der Waals surface area contributed by atoms with Gasteiger partial charge in [0.1, 0.15) is 30.5 Å². The van der Waals surface area contributed by atoms with Crippen LogP contribution in [0.1, 0.15) is 44.5 Å². The van der Waals surface area contributed by atoms with Crippen LogP contribution in [0, 0.1) is 17.8 Å². The first-order chi connectivity index (χ1) is 20.8. The van der Waals surface area contributed by atoms with E-state index in [9.17, 15) is 9.59 Å². The molecule has 3 aromatic carbocycles. The van der Waals surface area contributed by atoms with Gasteiger partial charge in [0.25, 0.3) is 0 Å². The molecule has 0 spiro atoms. The number of rotatable bonds is 18. The molecule has 43 heavy (non-hydrogen) atoms. The van der Waals surface area contributed by atoms with Crippen molar-refractivity contribution in [2.75, 3.05) is 46.8 Å². The highest BCUT2D eigenvalue weighted by Gasteiger charge is 2.24. The summed E-state index contributed by atoms with van der Waals surface area (Å²) in [5.41, 5.74) is 2.47. The van der Waals surface area contributed by atoms with Crippen LogP contribution in [0.5, 0.6) is 17.2 Å². The van der Waals surface area contributed by atoms with Crippen LogP contribution in [0.4, 0.5) is 0 Å². The number of esters is 2. The van der Waals surface area contributed by atoms with Gasteiger partial charge in [-0.25, -0.2) is 4.79 Å². The summed E-state index contributed by atoms with van der Waals surface area (Å²) in [7, 11) is 1.63. The van der Waals surface area contributed by atoms with E-state index in [0.717, 1.165) is 23.3 Å². The number of ether oxygens (including phenoxy) is 6. The minimum atomic E-state index is -0.447. The van der Waals surface area contributed by atoms with Crippen molar-refractivity contribution in [1.82, 2.24) is 0 Å². The Morgan fingerprint density at radius 2 is 1.14 bits per heavy atom. The summed E-state index contributed by atoms with van der Waals surface area (Å²) in [6.45, 7) is 10.4. The van der Waals surface area contributed by atoms with E-state index in [1.807, 2.05) is 50.2 Å². The molecule has 0 saturated heterocycles. The van der Waals surface area contributed by atoms with E-state index in [1.54, 1.807) is 43.5 Å². The van der Waals surface area contributed by atoms with Crippen LogP contribution in [0.25, 0.3) is 11.1 Å². The van der Waals surface area contributed by atoms with E-state index in [4.69, 9.17) is 28.4 Å². The largest absolute Gasteiger partial charge is 0.497 e. The monoisotopic (exact) mass is 592 g/mol. The molecule has 0 saturated carbocycles. The molecule has 0 heterocycles. The molecule has 1 unspecified atom stereocenters. The van der Waals surface area contributed by atoms with E-state index in [1.165, 1.54) is 0 Å². The molecule has 0 aliphatic carbocycles. The summed E-state index contributed by atoms with van der Waals surface area (Å²) < 4.78 is 32.8. The van der Waals surface area contributed by atoms with Crippen molar-refractivity contribution in [3.05, 3.63) is 78.4 Å². The van der Waals surface area contributed by atoms with Crippen molar-refractivity contribution in [1.29, 1.82) is 0 Å². The molecule has 3 aromatic rings. The van der Waals surface area contributed by atoms with Crippen molar-refractivity contribution in [3.8, 4) is 28.4 Å². The molecule has 0 fully saturated rings. The fraction of sp³-hybridized carbons (Fsp3) is 0.429. The molecule has 8 heteroatoms. The Bertz CT molecular complexity index is 1230. The fourth-order valence-electron chi connectivity index (χ4n) is 4.35. The van der Waals surface area contributed by atoms with Crippen molar-refractivity contribution >= 4 is 11.9 Å². The first-order valence-corrected chi connectivity index (χ1v) is 14.8. The number of hydrogen-bond acceptors (Lipinski definition) is 8. The van der Waals surface area contributed by atoms with Gasteiger partial charge in [0.2, 0.25) is 0 Å². The highest BCUT2D eigenvalue weighted by molar-refractivity contribution is 5.91. The van der Waals surface area contributed by atoms with E-state index >= 15 is 0 Å². The molecular formula is C35H44O8. The molecule has 0 N–H and O–H groups in total. The van der Waals surface area contributed by atoms with Crippen LogP contribution < -0.4 is 14.2 Å². The zero-order valence-electron chi connectivity index (χ0n) is 25.9. The second-order valence-corrected chi connectivity index (χ2v) is 10.9. The molecule has 232 valence electrons. The summed E-state index contributed by atoms with van der Waals surface area (Å²) in [6, 6.07) is 21.9. The van der Waals surface area contributed by atoms with Gasteiger partial charge in [0.15, 0.2) is 0 Å².